The molecule has 1 aromatic heterocycles. The number of aryl methyl sites for hydroxylation is 1. The predicted molar refractivity (Wildman–Crippen MR) is 127 cm³/mol. The summed E-state index contributed by atoms with van der Waals surface area (Å²) in [6.45, 7) is 0.570. The molecule has 0 fully saturated rings. The molecule has 156 valence electrons. The Labute approximate surface area is 187 Å². The molecule has 2 heterocycles. The minimum atomic E-state index is 0.0126. The summed E-state index contributed by atoms with van der Waals surface area (Å²) in [5.41, 5.74) is 6.37. The number of rotatable bonds is 6. The Morgan fingerprint density at radius 1 is 0.844 bits per heavy atom. The molecule has 0 saturated heterocycles. The summed E-state index contributed by atoms with van der Waals surface area (Å²) in [6, 6.07) is 33.1. The highest BCUT2D eigenvalue weighted by Crippen LogP contribution is 2.40. The lowest BCUT2D eigenvalue weighted by Gasteiger charge is -2.23. The number of anilines is 1. The van der Waals surface area contributed by atoms with Crippen LogP contribution in [0.5, 0.6) is 0 Å². The highest BCUT2D eigenvalue weighted by Gasteiger charge is 2.33. The molecule has 1 aliphatic heterocycles. The first kappa shape index (κ1) is 19.8. The summed E-state index contributed by atoms with van der Waals surface area (Å²) < 4.78 is 1.89. The van der Waals surface area contributed by atoms with Gasteiger partial charge in [-0.2, -0.15) is 15.5 Å². The van der Waals surface area contributed by atoms with Crippen LogP contribution in [0, 0.1) is 11.3 Å². The van der Waals surface area contributed by atoms with Crippen LogP contribution in [-0.2, 0) is 6.54 Å². The number of hydrogen-bond acceptors (Lipinski definition) is 4. The summed E-state index contributed by atoms with van der Waals surface area (Å²) in [7, 11) is 0. The number of hydrogen-bond donors (Lipinski definition) is 0. The summed E-state index contributed by atoms with van der Waals surface area (Å²) in [6.07, 6.45) is 3.29. The zero-order valence-electron chi connectivity index (χ0n) is 17.7. The van der Waals surface area contributed by atoms with Gasteiger partial charge < -0.3 is 0 Å². The number of aromatic nitrogens is 2. The van der Waals surface area contributed by atoms with Crippen molar-refractivity contribution in [2.45, 2.75) is 25.4 Å². The van der Waals surface area contributed by atoms with Crippen LogP contribution in [-0.4, -0.2) is 15.5 Å². The molecule has 0 spiro atoms. The van der Waals surface area contributed by atoms with Gasteiger partial charge in [-0.3, -0.25) is 9.69 Å². The van der Waals surface area contributed by atoms with Crippen molar-refractivity contribution >= 4 is 11.4 Å². The van der Waals surface area contributed by atoms with Crippen LogP contribution in [0.3, 0.4) is 0 Å². The largest absolute Gasteiger partial charge is 0.271 e. The Kier molecular flexibility index (Phi) is 5.50. The quantitative estimate of drug-likeness (QED) is 0.397. The van der Waals surface area contributed by atoms with E-state index in [0.717, 1.165) is 40.2 Å². The summed E-state index contributed by atoms with van der Waals surface area (Å²) in [4.78, 5) is 0. The molecule has 0 saturated carbocycles. The number of benzene rings is 3. The highest BCUT2D eigenvalue weighted by atomic mass is 15.5. The Morgan fingerprint density at radius 3 is 2.12 bits per heavy atom. The van der Waals surface area contributed by atoms with Crippen LogP contribution in [0.4, 0.5) is 5.69 Å². The van der Waals surface area contributed by atoms with Crippen molar-refractivity contribution < 1.29 is 0 Å². The number of nitriles is 1. The van der Waals surface area contributed by atoms with Gasteiger partial charge in [-0.15, -0.1) is 0 Å². The van der Waals surface area contributed by atoms with Crippen LogP contribution in [0.15, 0.2) is 102 Å². The normalized spacial score (nSPS) is 15.4. The Morgan fingerprint density at radius 2 is 1.47 bits per heavy atom. The lowest BCUT2D eigenvalue weighted by atomic mass is 9.96. The fourth-order valence-electron chi connectivity index (χ4n) is 4.16. The standard InChI is InChI=1S/C27H23N5/c28-17-10-18-31-20-24(27(30-31)22-13-6-2-7-14-22)26-19-25(21-11-4-1-5-12-21)29-32(26)23-15-8-3-9-16-23/h1-9,11-16,20,26H,10,18-19H2/t26-/m1/s1. The van der Waals surface area contributed by atoms with E-state index < -0.39 is 0 Å². The third-order valence-corrected chi connectivity index (χ3v) is 5.69. The first-order valence-electron chi connectivity index (χ1n) is 10.8. The summed E-state index contributed by atoms with van der Waals surface area (Å²) >= 11 is 0. The van der Waals surface area contributed by atoms with Gasteiger partial charge in [-0.1, -0.05) is 78.9 Å². The van der Waals surface area contributed by atoms with Crippen LogP contribution in [0.1, 0.15) is 30.0 Å². The maximum Gasteiger partial charge on any atom is 0.0976 e. The molecule has 3 aromatic carbocycles. The van der Waals surface area contributed by atoms with Crippen molar-refractivity contribution in [2.24, 2.45) is 5.10 Å². The second-order valence-electron chi connectivity index (χ2n) is 7.78. The van der Waals surface area contributed by atoms with Crippen molar-refractivity contribution in [1.82, 2.24) is 9.78 Å². The van der Waals surface area contributed by atoms with Gasteiger partial charge in [-0.05, 0) is 17.7 Å². The second-order valence-corrected chi connectivity index (χ2v) is 7.78. The van der Waals surface area contributed by atoms with Gasteiger partial charge in [-0.25, -0.2) is 0 Å². The van der Waals surface area contributed by atoms with Crippen LogP contribution in [0.2, 0.25) is 0 Å². The zero-order valence-corrected chi connectivity index (χ0v) is 17.7. The van der Waals surface area contributed by atoms with E-state index in [1.54, 1.807) is 0 Å². The van der Waals surface area contributed by atoms with E-state index in [9.17, 15) is 0 Å². The van der Waals surface area contributed by atoms with Gasteiger partial charge in [0.2, 0.25) is 0 Å². The molecular formula is C27H23N5. The predicted octanol–water partition coefficient (Wildman–Crippen LogP) is 5.82. The first-order chi connectivity index (χ1) is 15.8. The van der Waals surface area contributed by atoms with Crippen LogP contribution < -0.4 is 5.01 Å². The Hall–Kier alpha value is -4.17. The van der Waals surface area contributed by atoms with Crippen molar-refractivity contribution in [3.8, 4) is 17.3 Å². The first-order valence-corrected chi connectivity index (χ1v) is 10.8. The molecule has 0 unspecified atom stereocenters. The third-order valence-electron chi connectivity index (χ3n) is 5.69. The van der Waals surface area contributed by atoms with Crippen LogP contribution in [0.25, 0.3) is 11.3 Å². The van der Waals surface area contributed by atoms with Crippen molar-refractivity contribution in [1.29, 1.82) is 5.26 Å². The Bertz CT molecular complexity index is 1250. The number of nitrogens with zero attached hydrogens (tertiary/aromatic N) is 5. The molecule has 0 aliphatic carbocycles. The van der Waals surface area contributed by atoms with Crippen LogP contribution >= 0.6 is 0 Å². The Balaban J connectivity index is 1.61. The molecule has 5 rings (SSSR count). The lowest BCUT2D eigenvalue weighted by molar-refractivity contribution is 0.626. The minimum absolute atomic E-state index is 0.0126. The second kappa shape index (κ2) is 8.91. The molecular weight excluding hydrogens is 394 g/mol. The topological polar surface area (TPSA) is 57.2 Å². The van der Waals surface area contributed by atoms with Gasteiger partial charge in [0.15, 0.2) is 0 Å². The molecule has 0 bridgehead atoms. The van der Waals surface area contributed by atoms with Gasteiger partial charge in [0.05, 0.1) is 42.2 Å². The molecule has 1 aliphatic rings. The van der Waals surface area contributed by atoms with Gasteiger partial charge in [0, 0.05) is 23.7 Å². The monoisotopic (exact) mass is 417 g/mol. The SMILES string of the molecule is N#CCCn1cc([C@H]2CC(c3ccccc3)=NN2c2ccccc2)c(-c2ccccc2)n1. The van der Waals surface area contributed by atoms with E-state index in [0.29, 0.717) is 13.0 Å². The zero-order chi connectivity index (χ0) is 21.8. The fourth-order valence-corrected chi connectivity index (χ4v) is 4.16. The maximum absolute atomic E-state index is 9.07. The molecule has 0 amide bonds. The summed E-state index contributed by atoms with van der Waals surface area (Å²) in [5, 5.41) is 21.1. The highest BCUT2D eigenvalue weighted by molar-refractivity contribution is 6.03. The molecule has 5 nitrogen and oxygen atoms in total. The van der Waals surface area contributed by atoms with E-state index in [4.69, 9.17) is 15.5 Å². The third kappa shape index (κ3) is 3.91. The van der Waals surface area contributed by atoms with Gasteiger partial charge >= 0.3 is 0 Å². The smallest absolute Gasteiger partial charge is 0.0976 e. The fraction of sp³-hybridized carbons (Fsp3) is 0.148. The molecule has 0 radical (unpaired) electrons. The van der Waals surface area contributed by atoms with Crippen molar-refractivity contribution in [2.75, 3.05) is 5.01 Å². The van der Waals surface area contributed by atoms with Gasteiger partial charge in [0.1, 0.15) is 0 Å². The molecule has 0 N–H and O–H groups in total. The van der Waals surface area contributed by atoms with Crippen molar-refractivity contribution in [3.63, 3.8) is 0 Å². The molecule has 5 heteroatoms. The molecule has 32 heavy (non-hydrogen) atoms. The average Bonchev–Trinajstić information content (AvgIpc) is 3.49. The lowest BCUT2D eigenvalue weighted by Crippen LogP contribution is -2.18. The minimum Gasteiger partial charge on any atom is -0.271 e. The van der Waals surface area contributed by atoms with E-state index >= 15 is 0 Å². The molecule has 1 atom stereocenters. The van der Waals surface area contributed by atoms with E-state index in [1.807, 2.05) is 59.3 Å². The van der Waals surface area contributed by atoms with Crippen molar-refractivity contribution in [3.05, 3.63) is 108 Å². The van der Waals surface area contributed by atoms with E-state index in [1.165, 1.54) is 0 Å². The number of para-hydroxylation sites is 1. The maximum atomic E-state index is 9.07. The van der Waals surface area contributed by atoms with Gasteiger partial charge in [0.25, 0.3) is 0 Å². The average molecular weight is 418 g/mol. The number of hydrazone groups is 1. The summed E-state index contributed by atoms with van der Waals surface area (Å²) in [5.74, 6) is 0. The van der Waals surface area contributed by atoms with E-state index in [2.05, 4.69) is 53.7 Å². The van der Waals surface area contributed by atoms with E-state index in [-0.39, 0.29) is 6.04 Å². The molecule has 4 aromatic rings.